The van der Waals surface area contributed by atoms with Gasteiger partial charge >= 0.3 is 5.97 Å². The molecule has 19 heavy (non-hydrogen) atoms. The molecule has 1 atom stereocenters. The molecule has 2 rings (SSSR count). The molecular formula is C16H16O3. The summed E-state index contributed by atoms with van der Waals surface area (Å²) in [6.45, 7) is 0. The molecule has 1 N–H and O–H groups in total. The van der Waals surface area contributed by atoms with Gasteiger partial charge in [0.05, 0.1) is 6.42 Å². The fourth-order valence-electron chi connectivity index (χ4n) is 2.11. The molecule has 1 unspecified atom stereocenters. The van der Waals surface area contributed by atoms with Crippen LogP contribution in [-0.2, 0) is 4.79 Å². The Balaban J connectivity index is 2.01. The van der Waals surface area contributed by atoms with Crippen molar-refractivity contribution in [2.24, 2.45) is 0 Å². The molecule has 0 bridgehead atoms. The lowest BCUT2D eigenvalue weighted by atomic mass is 9.91. The highest BCUT2D eigenvalue weighted by atomic mass is 16.4. The third-order valence-electron chi connectivity index (χ3n) is 3.21. The van der Waals surface area contributed by atoms with Crippen molar-refractivity contribution in [1.29, 1.82) is 0 Å². The Hall–Kier alpha value is -2.16. The Morgan fingerprint density at radius 1 is 1.11 bits per heavy atom. The molecule has 3 nitrogen and oxygen atoms in total. The van der Waals surface area contributed by atoms with E-state index in [0.29, 0.717) is 11.5 Å². The molecule has 1 aromatic carbocycles. The maximum atomic E-state index is 11.7. The highest BCUT2D eigenvalue weighted by molar-refractivity contribution is 5.97. The van der Waals surface area contributed by atoms with E-state index in [9.17, 15) is 9.59 Å². The zero-order valence-corrected chi connectivity index (χ0v) is 10.6. The third-order valence-corrected chi connectivity index (χ3v) is 3.21. The Kier molecular flexibility index (Phi) is 4.29. The summed E-state index contributed by atoms with van der Waals surface area (Å²) >= 11 is 0. The van der Waals surface area contributed by atoms with Crippen molar-refractivity contribution in [2.45, 2.75) is 25.2 Å². The second-order valence-corrected chi connectivity index (χ2v) is 4.59. The lowest BCUT2D eigenvalue weighted by molar-refractivity contribution is -0.136. The molecule has 0 heterocycles. The number of carboxylic acids is 1. The molecule has 0 saturated carbocycles. The van der Waals surface area contributed by atoms with Gasteiger partial charge in [0.25, 0.3) is 0 Å². The fraction of sp³-hybridized carbons (Fsp3) is 0.250. The van der Waals surface area contributed by atoms with E-state index >= 15 is 0 Å². The van der Waals surface area contributed by atoms with Crippen LogP contribution in [0.15, 0.2) is 48.6 Å². The molecule has 0 aromatic heterocycles. The summed E-state index contributed by atoms with van der Waals surface area (Å²) in [5.41, 5.74) is 1.76. The Bertz CT molecular complexity index is 523. The van der Waals surface area contributed by atoms with Crippen molar-refractivity contribution in [2.75, 3.05) is 0 Å². The largest absolute Gasteiger partial charge is 0.481 e. The van der Waals surface area contributed by atoms with Gasteiger partial charge in [-0.25, -0.2) is 0 Å². The minimum absolute atomic E-state index is 0.0563. The first-order chi connectivity index (χ1) is 9.16. The molecule has 1 aromatic rings. The average molecular weight is 256 g/mol. The zero-order chi connectivity index (χ0) is 13.7. The van der Waals surface area contributed by atoms with E-state index in [2.05, 4.69) is 12.2 Å². The number of ketones is 1. The quantitative estimate of drug-likeness (QED) is 0.822. The van der Waals surface area contributed by atoms with E-state index in [-0.39, 0.29) is 18.6 Å². The van der Waals surface area contributed by atoms with Crippen LogP contribution in [0, 0.1) is 0 Å². The molecule has 0 fully saturated rings. The van der Waals surface area contributed by atoms with Crippen molar-refractivity contribution in [3.05, 3.63) is 59.7 Å². The summed E-state index contributed by atoms with van der Waals surface area (Å²) in [5.74, 6) is -0.690. The number of allylic oxidation sites excluding steroid dienone is 4. The highest BCUT2D eigenvalue weighted by Crippen LogP contribution is 2.24. The van der Waals surface area contributed by atoms with E-state index in [4.69, 9.17) is 5.11 Å². The van der Waals surface area contributed by atoms with Gasteiger partial charge in [0.2, 0.25) is 0 Å². The van der Waals surface area contributed by atoms with Crippen LogP contribution in [0.2, 0.25) is 0 Å². The average Bonchev–Trinajstić information content (AvgIpc) is 2.46. The molecule has 0 saturated heterocycles. The number of hydrogen-bond donors (Lipinski definition) is 1. The molecule has 3 heteroatoms. The number of aliphatic carboxylic acids is 1. The van der Waals surface area contributed by atoms with Crippen LogP contribution in [0.1, 0.15) is 41.1 Å². The SMILES string of the molecule is O=C(O)CCC(=O)c1ccc(C2C=CC=CC2)cc1. The highest BCUT2D eigenvalue weighted by Gasteiger charge is 2.11. The predicted octanol–water partition coefficient (Wildman–Crippen LogP) is 3.33. The minimum atomic E-state index is -0.941. The topological polar surface area (TPSA) is 54.4 Å². The number of carbonyl (C=O) groups excluding carboxylic acids is 1. The van der Waals surface area contributed by atoms with Crippen molar-refractivity contribution < 1.29 is 14.7 Å². The summed E-state index contributed by atoms with van der Waals surface area (Å²) in [6.07, 6.45) is 9.23. The van der Waals surface area contributed by atoms with Crippen LogP contribution in [0.3, 0.4) is 0 Å². The Labute approximate surface area is 112 Å². The van der Waals surface area contributed by atoms with E-state index < -0.39 is 5.97 Å². The van der Waals surface area contributed by atoms with Crippen LogP contribution < -0.4 is 0 Å². The van der Waals surface area contributed by atoms with Crippen molar-refractivity contribution in [3.63, 3.8) is 0 Å². The molecule has 0 aliphatic heterocycles. The zero-order valence-electron chi connectivity index (χ0n) is 10.6. The summed E-state index contributed by atoms with van der Waals surface area (Å²) in [5, 5.41) is 8.56. The summed E-state index contributed by atoms with van der Waals surface area (Å²) in [4.78, 5) is 22.2. The third kappa shape index (κ3) is 3.65. The van der Waals surface area contributed by atoms with Crippen LogP contribution in [0.25, 0.3) is 0 Å². The summed E-state index contributed by atoms with van der Waals surface area (Å²) < 4.78 is 0. The number of carbonyl (C=O) groups is 2. The van der Waals surface area contributed by atoms with Crippen LogP contribution in [0.4, 0.5) is 0 Å². The van der Waals surface area contributed by atoms with E-state index in [1.54, 1.807) is 12.1 Å². The second-order valence-electron chi connectivity index (χ2n) is 4.59. The van der Waals surface area contributed by atoms with Crippen molar-refractivity contribution in [3.8, 4) is 0 Å². The molecular weight excluding hydrogens is 240 g/mol. The lowest BCUT2D eigenvalue weighted by Crippen LogP contribution is -2.04. The summed E-state index contributed by atoms with van der Waals surface area (Å²) in [6, 6.07) is 7.46. The van der Waals surface area contributed by atoms with Crippen LogP contribution in [-0.4, -0.2) is 16.9 Å². The van der Waals surface area contributed by atoms with Crippen molar-refractivity contribution >= 4 is 11.8 Å². The van der Waals surface area contributed by atoms with Crippen molar-refractivity contribution in [1.82, 2.24) is 0 Å². The van der Waals surface area contributed by atoms with E-state index in [1.807, 2.05) is 24.3 Å². The summed E-state index contributed by atoms with van der Waals surface area (Å²) in [7, 11) is 0. The number of Topliss-reactive ketones (excluding diaryl/α,β-unsaturated/α-hetero) is 1. The normalized spacial score (nSPS) is 17.4. The monoisotopic (exact) mass is 256 g/mol. The van der Waals surface area contributed by atoms with Gasteiger partial charge in [-0.3, -0.25) is 9.59 Å². The molecule has 0 radical (unpaired) electrons. The lowest BCUT2D eigenvalue weighted by Gasteiger charge is -2.13. The smallest absolute Gasteiger partial charge is 0.303 e. The van der Waals surface area contributed by atoms with Gasteiger partial charge < -0.3 is 5.11 Å². The minimum Gasteiger partial charge on any atom is -0.481 e. The van der Waals surface area contributed by atoms with E-state index in [1.165, 1.54) is 5.56 Å². The Morgan fingerprint density at radius 3 is 2.42 bits per heavy atom. The maximum Gasteiger partial charge on any atom is 0.303 e. The molecule has 0 spiro atoms. The molecule has 0 amide bonds. The van der Waals surface area contributed by atoms with Crippen LogP contribution >= 0.6 is 0 Å². The first-order valence-electron chi connectivity index (χ1n) is 6.35. The number of rotatable bonds is 5. The van der Waals surface area contributed by atoms with Gasteiger partial charge in [0.15, 0.2) is 5.78 Å². The first-order valence-corrected chi connectivity index (χ1v) is 6.35. The second kappa shape index (κ2) is 6.14. The van der Waals surface area contributed by atoms with Gasteiger partial charge in [0, 0.05) is 17.9 Å². The molecule has 1 aliphatic carbocycles. The number of carboxylic acid groups (broad SMARTS) is 1. The Morgan fingerprint density at radius 2 is 1.84 bits per heavy atom. The van der Waals surface area contributed by atoms with Gasteiger partial charge in [-0.15, -0.1) is 0 Å². The van der Waals surface area contributed by atoms with Gasteiger partial charge in [-0.1, -0.05) is 48.6 Å². The number of benzene rings is 1. The fourth-order valence-corrected chi connectivity index (χ4v) is 2.11. The molecule has 98 valence electrons. The van der Waals surface area contributed by atoms with Crippen LogP contribution in [0.5, 0.6) is 0 Å². The maximum absolute atomic E-state index is 11.7. The van der Waals surface area contributed by atoms with Gasteiger partial charge in [0.1, 0.15) is 0 Å². The predicted molar refractivity (Wildman–Crippen MR) is 73.3 cm³/mol. The standard InChI is InChI=1S/C16H16O3/c17-15(10-11-16(18)19)14-8-6-13(7-9-14)12-4-2-1-3-5-12/h1-4,6-9,12H,5,10-11H2,(H,18,19). The molecule has 1 aliphatic rings. The van der Waals surface area contributed by atoms with E-state index in [0.717, 1.165) is 6.42 Å². The first kappa shape index (κ1) is 13.3. The number of hydrogen-bond acceptors (Lipinski definition) is 2. The van der Waals surface area contributed by atoms with Gasteiger partial charge in [-0.05, 0) is 12.0 Å². The van der Waals surface area contributed by atoms with Gasteiger partial charge in [-0.2, -0.15) is 0 Å².